The number of ether oxygens (including phenoxy) is 1. The van der Waals surface area contributed by atoms with Crippen molar-refractivity contribution in [3.8, 4) is 0 Å². The number of hydrogen-bond acceptors (Lipinski definition) is 5. The summed E-state index contributed by atoms with van der Waals surface area (Å²) >= 11 is 5.72. The number of nitrogens with zero attached hydrogens (tertiary/aromatic N) is 4. The third-order valence-corrected chi connectivity index (χ3v) is 2.16. The van der Waals surface area contributed by atoms with Gasteiger partial charge in [-0.25, -0.2) is 0 Å². The van der Waals surface area contributed by atoms with Crippen LogP contribution in [-0.2, 0) is 4.74 Å². The van der Waals surface area contributed by atoms with Gasteiger partial charge in [-0.1, -0.05) is 13.8 Å². The zero-order valence-electron chi connectivity index (χ0n) is 9.85. The summed E-state index contributed by atoms with van der Waals surface area (Å²) in [5.74, 6) is 1.27. The highest BCUT2D eigenvalue weighted by Gasteiger charge is 2.10. The zero-order chi connectivity index (χ0) is 12.0. The Labute approximate surface area is 101 Å². The van der Waals surface area contributed by atoms with Crippen molar-refractivity contribution in [2.24, 2.45) is 5.92 Å². The fourth-order valence-corrected chi connectivity index (χ4v) is 1.50. The largest absolute Gasteiger partial charge is 0.383 e. The topological polar surface area (TPSA) is 51.1 Å². The number of anilines is 1. The highest BCUT2D eigenvalue weighted by Crippen LogP contribution is 2.12. The first kappa shape index (κ1) is 13.1. The number of aromatic nitrogens is 3. The first-order valence-corrected chi connectivity index (χ1v) is 5.60. The summed E-state index contributed by atoms with van der Waals surface area (Å²) in [4.78, 5) is 6.23. The van der Waals surface area contributed by atoms with E-state index in [-0.39, 0.29) is 5.28 Å². The second-order valence-corrected chi connectivity index (χ2v) is 4.25. The van der Waals surface area contributed by atoms with E-state index in [1.54, 1.807) is 13.3 Å². The van der Waals surface area contributed by atoms with Gasteiger partial charge in [0, 0.05) is 20.2 Å². The lowest BCUT2D eigenvalue weighted by atomic mass is 10.2. The lowest BCUT2D eigenvalue weighted by molar-refractivity contribution is 0.204. The summed E-state index contributed by atoms with van der Waals surface area (Å²) in [6, 6.07) is 0. The lowest BCUT2D eigenvalue weighted by Gasteiger charge is -2.24. The number of halogens is 1. The average Bonchev–Trinajstić information content (AvgIpc) is 2.23. The molecule has 0 saturated carbocycles. The van der Waals surface area contributed by atoms with Crippen LogP contribution in [0.5, 0.6) is 0 Å². The molecule has 0 aliphatic carbocycles. The van der Waals surface area contributed by atoms with Crippen LogP contribution >= 0.6 is 11.6 Å². The molecule has 0 aromatic carbocycles. The third-order valence-electron chi connectivity index (χ3n) is 2.00. The molecule has 0 aliphatic heterocycles. The molecule has 5 nitrogen and oxygen atoms in total. The first-order valence-electron chi connectivity index (χ1n) is 5.22. The van der Waals surface area contributed by atoms with Gasteiger partial charge in [0.15, 0.2) is 5.82 Å². The minimum absolute atomic E-state index is 0.170. The monoisotopic (exact) mass is 244 g/mol. The Morgan fingerprint density at radius 2 is 2.25 bits per heavy atom. The van der Waals surface area contributed by atoms with E-state index in [1.165, 1.54) is 0 Å². The van der Waals surface area contributed by atoms with Crippen LogP contribution in [0.3, 0.4) is 0 Å². The summed E-state index contributed by atoms with van der Waals surface area (Å²) in [6.45, 7) is 6.60. The lowest BCUT2D eigenvalue weighted by Crippen LogP contribution is -2.31. The Kier molecular flexibility index (Phi) is 5.42. The SMILES string of the molecule is COCCN(CC(C)C)c1cnnc(Cl)n1. The Morgan fingerprint density at radius 1 is 1.50 bits per heavy atom. The summed E-state index contributed by atoms with van der Waals surface area (Å²) < 4.78 is 5.07. The molecule has 0 atom stereocenters. The van der Waals surface area contributed by atoms with Crippen molar-refractivity contribution in [2.75, 3.05) is 31.7 Å². The van der Waals surface area contributed by atoms with Crippen molar-refractivity contribution in [3.63, 3.8) is 0 Å². The zero-order valence-corrected chi connectivity index (χ0v) is 10.6. The Bertz CT molecular complexity index is 321. The van der Waals surface area contributed by atoms with E-state index < -0.39 is 0 Å². The fourth-order valence-electron chi connectivity index (χ4n) is 1.37. The summed E-state index contributed by atoms with van der Waals surface area (Å²) in [5, 5.41) is 7.59. The van der Waals surface area contributed by atoms with Crippen molar-refractivity contribution in [1.29, 1.82) is 0 Å². The smallest absolute Gasteiger partial charge is 0.244 e. The van der Waals surface area contributed by atoms with Gasteiger partial charge < -0.3 is 9.64 Å². The summed E-state index contributed by atoms with van der Waals surface area (Å²) in [5.41, 5.74) is 0. The number of rotatable bonds is 6. The van der Waals surface area contributed by atoms with Crippen molar-refractivity contribution in [1.82, 2.24) is 15.2 Å². The molecule has 0 radical (unpaired) electrons. The second-order valence-electron chi connectivity index (χ2n) is 3.92. The highest BCUT2D eigenvalue weighted by atomic mass is 35.5. The first-order chi connectivity index (χ1) is 7.63. The molecule has 0 aliphatic rings. The quantitative estimate of drug-likeness (QED) is 0.761. The van der Waals surface area contributed by atoms with E-state index in [0.717, 1.165) is 18.9 Å². The van der Waals surface area contributed by atoms with Crippen molar-refractivity contribution in [3.05, 3.63) is 11.5 Å². The molecule has 6 heteroatoms. The van der Waals surface area contributed by atoms with E-state index in [0.29, 0.717) is 12.5 Å². The summed E-state index contributed by atoms with van der Waals surface area (Å²) in [7, 11) is 1.68. The molecule has 0 amide bonds. The van der Waals surface area contributed by atoms with Crippen LogP contribution in [0, 0.1) is 5.92 Å². The van der Waals surface area contributed by atoms with Gasteiger partial charge >= 0.3 is 0 Å². The fraction of sp³-hybridized carbons (Fsp3) is 0.700. The van der Waals surface area contributed by atoms with Gasteiger partial charge in [0.1, 0.15) is 0 Å². The Morgan fingerprint density at radius 3 is 2.81 bits per heavy atom. The standard InChI is InChI=1S/C10H17ClN4O/c1-8(2)7-15(4-5-16-3)9-6-12-14-10(11)13-9/h6,8H,4-5,7H2,1-3H3. The van der Waals surface area contributed by atoms with E-state index in [9.17, 15) is 0 Å². The molecule has 1 rings (SSSR count). The number of hydrogen-bond donors (Lipinski definition) is 0. The molecule has 0 fully saturated rings. The molecular formula is C10H17ClN4O. The molecule has 0 spiro atoms. The van der Waals surface area contributed by atoms with Crippen molar-refractivity contribution >= 4 is 17.4 Å². The number of methoxy groups -OCH3 is 1. The van der Waals surface area contributed by atoms with Gasteiger partial charge in [0.05, 0.1) is 12.8 Å². The average molecular weight is 245 g/mol. The molecule has 1 aromatic heterocycles. The van der Waals surface area contributed by atoms with Crippen LogP contribution in [0.2, 0.25) is 5.28 Å². The Balaban J connectivity index is 2.74. The predicted molar refractivity (Wildman–Crippen MR) is 63.8 cm³/mol. The summed E-state index contributed by atoms with van der Waals surface area (Å²) in [6.07, 6.45) is 1.62. The maximum atomic E-state index is 5.72. The molecule has 0 bridgehead atoms. The normalized spacial score (nSPS) is 10.8. The molecule has 1 aromatic rings. The maximum Gasteiger partial charge on any atom is 0.244 e. The van der Waals surface area contributed by atoms with Gasteiger partial charge in [-0.2, -0.15) is 10.1 Å². The van der Waals surface area contributed by atoms with E-state index in [2.05, 4.69) is 33.9 Å². The predicted octanol–water partition coefficient (Wildman–Crippen LogP) is 1.63. The molecule has 0 saturated heterocycles. The minimum Gasteiger partial charge on any atom is -0.383 e. The van der Waals surface area contributed by atoms with Crippen molar-refractivity contribution in [2.45, 2.75) is 13.8 Å². The van der Waals surface area contributed by atoms with Gasteiger partial charge in [0.25, 0.3) is 0 Å². The van der Waals surface area contributed by atoms with E-state index in [1.807, 2.05) is 0 Å². The molecule has 0 N–H and O–H groups in total. The Hall–Kier alpha value is -0.940. The van der Waals surface area contributed by atoms with Crippen LogP contribution < -0.4 is 4.90 Å². The van der Waals surface area contributed by atoms with Gasteiger partial charge in [-0.3, -0.25) is 0 Å². The third kappa shape index (κ3) is 4.28. The highest BCUT2D eigenvalue weighted by molar-refractivity contribution is 6.28. The molecule has 0 unspecified atom stereocenters. The van der Waals surface area contributed by atoms with Crippen LogP contribution in [-0.4, -0.2) is 42.0 Å². The van der Waals surface area contributed by atoms with Crippen LogP contribution in [0.1, 0.15) is 13.8 Å². The van der Waals surface area contributed by atoms with Gasteiger partial charge in [0.2, 0.25) is 5.28 Å². The van der Waals surface area contributed by atoms with E-state index >= 15 is 0 Å². The van der Waals surface area contributed by atoms with Crippen molar-refractivity contribution < 1.29 is 4.74 Å². The molecule has 1 heterocycles. The second kappa shape index (κ2) is 6.60. The minimum atomic E-state index is 0.170. The van der Waals surface area contributed by atoms with Gasteiger partial charge in [-0.05, 0) is 17.5 Å². The van der Waals surface area contributed by atoms with E-state index in [4.69, 9.17) is 16.3 Å². The molecular weight excluding hydrogens is 228 g/mol. The molecule has 90 valence electrons. The maximum absolute atomic E-state index is 5.72. The van der Waals surface area contributed by atoms with Gasteiger partial charge in [-0.15, -0.1) is 5.10 Å². The van der Waals surface area contributed by atoms with Crippen LogP contribution in [0.15, 0.2) is 6.20 Å². The molecule has 16 heavy (non-hydrogen) atoms. The van der Waals surface area contributed by atoms with Crippen LogP contribution in [0.4, 0.5) is 5.82 Å². The van der Waals surface area contributed by atoms with Crippen LogP contribution in [0.25, 0.3) is 0 Å².